The van der Waals surface area contributed by atoms with E-state index in [0.29, 0.717) is 0 Å². The van der Waals surface area contributed by atoms with Crippen LogP contribution in [0, 0.1) is 6.92 Å². The first-order valence-corrected chi connectivity index (χ1v) is 7.57. The zero-order valence-electron chi connectivity index (χ0n) is 11.0. The number of hydrogen-bond donors (Lipinski definition) is 0. The summed E-state index contributed by atoms with van der Waals surface area (Å²) in [6.45, 7) is 3.80. The molecule has 100 valence electrons. The number of aryl methyl sites for hydroxylation is 1. The third kappa shape index (κ3) is 3.54. The van der Waals surface area contributed by atoms with Gasteiger partial charge in [-0.15, -0.1) is 10.2 Å². The maximum Gasteiger partial charge on any atom is 0.240 e. The fraction of sp³-hybridized carbons (Fsp3) is 0.308. The van der Waals surface area contributed by atoms with E-state index in [1.54, 1.807) is 11.9 Å². The third-order valence-electron chi connectivity index (χ3n) is 2.61. The SMILES string of the molecule is Cc1nnc(SC(C)C(=O)N(C)c2ccccc2)s1. The van der Waals surface area contributed by atoms with Crippen molar-refractivity contribution in [2.24, 2.45) is 0 Å². The van der Waals surface area contributed by atoms with Crippen molar-refractivity contribution < 1.29 is 4.79 Å². The Morgan fingerprint density at radius 2 is 2.00 bits per heavy atom. The molecule has 0 saturated heterocycles. The van der Waals surface area contributed by atoms with E-state index in [4.69, 9.17) is 0 Å². The molecule has 1 aromatic carbocycles. The molecule has 1 atom stereocenters. The monoisotopic (exact) mass is 293 g/mol. The maximum absolute atomic E-state index is 12.3. The van der Waals surface area contributed by atoms with Crippen molar-refractivity contribution in [3.8, 4) is 0 Å². The van der Waals surface area contributed by atoms with Crippen LogP contribution in [0.4, 0.5) is 5.69 Å². The summed E-state index contributed by atoms with van der Waals surface area (Å²) in [6.07, 6.45) is 0. The highest BCUT2D eigenvalue weighted by molar-refractivity contribution is 8.02. The van der Waals surface area contributed by atoms with Crippen molar-refractivity contribution in [2.45, 2.75) is 23.4 Å². The smallest absolute Gasteiger partial charge is 0.240 e. The standard InChI is InChI=1S/C13H15N3OS2/c1-9(18-13-15-14-10(2)19-13)12(17)16(3)11-7-5-4-6-8-11/h4-9H,1-3H3. The summed E-state index contributed by atoms with van der Waals surface area (Å²) in [7, 11) is 1.79. The van der Waals surface area contributed by atoms with Gasteiger partial charge in [-0.3, -0.25) is 4.79 Å². The summed E-state index contributed by atoms with van der Waals surface area (Å²) in [6, 6.07) is 9.62. The molecule has 1 aromatic heterocycles. The Bertz CT molecular complexity index is 556. The first kappa shape index (κ1) is 14.0. The molecule has 0 N–H and O–H groups in total. The van der Waals surface area contributed by atoms with Crippen LogP contribution in [0.25, 0.3) is 0 Å². The number of nitrogens with zero attached hydrogens (tertiary/aromatic N) is 3. The van der Waals surface area contributed by atoms with Gasteiger partial charge in [0.2, 0.25) is 5.91 Å². The average molecular weight is 293 g/mol. The van der Waals surface area contributed by atoms with Crippen LogP contribution in [-0.4, -0.2) is 28.4 Å². The molecule has 0 fully saturated rings. The van der Waals surface area contributed by atoms with Crippen LogP contribution < -0.4 is 4.90 Å². The van der Waals surface area contributed by atoms with Gasteiger partial charge in [0.05, 0.1) is 5.25 Å². The van der Waals surface area contributed by atoms with E-state index >= 15 is 0 Å². The molecule has 4 nitrogen and oxygen atoms in total. The number of hydrogen-bond acceptors (Lipinski definition) is 5. The molecule has 1 unspecified atom stereocenters. The topological polar surface area (TPSA) is 46.1 Å². The fourth-order valence-electron chi connectivity index (χ4n) is 1.58. The van der Waals surface area contributed by atoms with E-state index < -0.39 is 0 Å². The molecular formula is C13H15N3OS2. The molecule has 0 saturated carbocycles. The summed E-state index contributed by atoms with van der Waals surface area (Å²) in [5.41, 5.74) is 0.897. The quantitative estimate of drug-likeness (QED) is 0.813. The van der Waals surface area contributed by atoms with E-state index in [-0.39, 0.29) is 11.2 Å². The van der Waals surface area contributed by atoms with Gasteiger partial charge < -0.3 is 4.90 Å². The average Bonchev–Trinajstić information content (AvgIpc) is 2.83. The lowest BCUT2D eigenvalue weighted by Crippen LogP contribution is -2.33. The Hall–Kier alpha value is -1.40. The number of carbonyl (C=O) groups excluding carboxylic acids is 1. The lowest BCUT2D eigenvalue weighted by atomic mass is 10.3. The molecule has 1 heterocycles. The van der Waals surface area contributed by atoms with Crippen LogP contribution in [0.5, 0.6) is 0 Å². The van der Waals surface area contributed by atoms with E-state index in [1.165, 1.54) is 23.1 Å². The second-order valence-electron chi connectivity index (χ2n) is 4.08. The van der Waals surface area contributed by atoms with E-state index in [9.17, 15) is 4.79 Å². The van der Waals surface area contributed by atoms with Crippen LogP contribution in [-0.2, 0) is 4.79 Å². The van der Waals surface area contributed by atoms with Gasteiger partial charge >= 0.3 is 0 Å². The van der Waals surface area contributed by atoms with Crippen LogP contribution in [0.3, 0.4) is 0 Å². The van der Waals surface area contributed by atoms with Gasteiger partial charge in [0.1, 0.15) is 5.01 Å². The molecule has 2 aromatic rings. The Kier molecular flexibility index (Phi) is 4.55. The van der Waals surface area contributed by atoms with Gasteiger partial charge in [0, 0.05) is 12.7 Å². The second kappa shape index (κ2) is 6.16. The molecule has 0 bridgehead atoms. The van der Waals surface area contributed by atoms with Crippen molar-refractivity contribution in [3.05, 3.63) is 35.3 Å². The van der Waals surface area contributed by atoms with Crippen molar-refractivity contribution in [1.82, 2.24) is 10.2 Å². The molecule has 19 heavy (non-hydrogen) atoms. The van der Waals surface area contributed by atoms with Crippen LogP contribution in [0.1, 0.15) is 11.9 Å². The van der Waals surface area contributed by atoms with Crippen molar-refractivity contribution in [2.75, 3.05) is 11.9 Å². The lowest BCUT2D eigenvalue weighted by molar-refractivity contribution is -0.117. The summed E-state index contributed by atoms with van der Waals surface area (Å²) < 4.78 is 0.833. The predicted molar refractivity (Wildman–Crippen MR) is 79.8 cm³/mol. The number of rotatable bonds is 4. The number of amides is 1. The summed E-state index contributed by atoms with van der Waals surface area (Å²) in [4.78, 5) is 14.0. The van der Waals surface area contributed by atoms with Gasteiger partial charge in [-0.2, -0.15) is 0 Å². The van der Waals surface area contributed by atoms with E-state index in [2.05, 4.69) is 10.2 Å². The molecule has 6 heteroatoms. The number of anilines is 1. The minimum Gasteiger partial charge on any atom is -0.315 e. The van der Waals surface area contributed by atoms with Crippen molar-refractivity contribution in [3.63, 3.8) is 0 Å². The molecule has 2 rings (SSSR count). The maximum atomic E-state index is 12.3. The highest BCUT2D eigenvalue weighted by Crippen LogP contribution is 2.27. The van der Waals surface area contributed by atoms with Gasteiger partial charge in [0.25, 0.3) is 0 Å². The van der Waals surface area contributed by atoms with E-state index in [1.807, 2.05) is 44.2 Å². The lowest BCUT2D eigenvalue weighted by Gasteiger charge is -2.20. The fourth-order valence-corrected chi connectivity index (χ4v) is 3.63. The second-order valence-corrected chi connectivity index (χ2v) is 6.85. The zero-order chi connectivity index (χ0) is 13.8. The van der Waals surface area contributed by atoms with Gasteiger partial charge in [-0.25, -0.2) is 0 Å². The molecule has 0 aliphatic carbocycles. The Morgan fingerprint density at radius 3 is 2.58 bits per heavy atom. The highest BCUT2D eigenvalue weighted by atomic mass is 32.2. The van der Waals surface area contributed by atoms with Crippen molar-refractivity contribution in [1.29, 1.82) is 0 Å². The van der Waals surface area contributed by atoms with Gasteiger partial charge in [-0.05, 0) is 26.0 Å². The normalized spacial score (nSPS) is 12.2. The number of carbonyl (C=O) groups is 1. The van der Waals surface area contributed by atoms with Crippen molar-refractivity contribution >= 4 is 34.7 Å². The summed E-state index contributed by atoms with van der Waals surface area (Å²) >= 11 is 2.96. The highest BCUT2D eigenvalue weighted by Gasteiger charge is 2.21. The summed E-state index contributed by atoms with van der Waals surface area (Å²) in [5, 5.41) is 8.72. The largest absolute Gasteiger partial charge is 0.315 e. The Balaban J connectivity index is 2.03. The minimum atomic E-state index is -0.183. The molecular weight excluding hydrogens is 278 g/mol. The van der Waals surface area contributed by atoms with Gasteiger partial charge in [-0.1, -0.05) is 41.3 Å². The number of para-hydroxylation sites is 1. The number of aromatic nitrogens is 2. The van der Waals surface area contributed by atoms with Gasteiger partial charge in [0.15, 0.2) is 4.34 Å². The summed E-state index contributed by atoms with van der Waals surface area (Å²) in [5.74, 6) is 0.0593. The van der Waals surface area contributed by atoms with Crippen LogP contribution in [0.2, 0.25) is 0 Å². The number of thioether (sulfide) groups is 1. The number of benzene rings is 1. The molecule has 1 amide bonds. The Morgan fingerprint density at radius 1 is 1.32 bits per heavy atom. The first-order chi connectivity index (χ1) is 9.08. The third-order valence-corrected chi connectivity index (χ3v) is 4.62. The molecule has 0 aliphatic rings. The molecule has 0 radical (unpaired) electrons. The first-order valence-electron chi connectivity index (χ1n) is 5.87. The molecule has 0 aliphatic heterocycles. The zero-order valence-corrected chi connectivity index (χ0v) is 12.7. The predicted octanol–water partition coefficient (Wildman–Crippen LogP) is 2.99. The van der Waals surface area contributed by atoms with Crippen LogP contribution in [0.15, 0.2) is 34.7 Å². The molecule has 0 spiro atoms. The van der Waals surface area contributed by atoms with E-state index in [0.717, 1.165) is 15.0 Å². The van der Waals surface area contributed by atoms with Crippen LogP contribution >= 0.6 is 23.1 Å². The Labute approximate surface area is 120 Å². The minimum absolute atomic E-state index is 0.0593.